The first-order chi connectivity index (χ1) is 11.0. The van der Waals surface area contributed by atoms with E-state index < -0.39 is 5.82 Å². The maximum atomic E-state index is 13.9. The van der Waals surface area contributed by atoms with Crippen molar-refractivity contribution in [1.82, 2.24) is 4.98 Å². The molecule has 0 amide bonds. The van der Waals surface area contributed by atoms with E-state index in [0.29, 0.717) is 11.3 Å². The molecular formula is C17H12Br2FNO2. The molecule has 0 radical (unpaired) electrons. The molecule has 118 valence electrons. The van der Waals surface area contributed by atoms with Crippen LogP contribution in [0.4, 0.5) is 4.39 Å². The lowest BCUT2D eigenvalue weighted by atomic mass is 10.1. The Morgan fingerprint density at radius 3 is 2.39 bits per heavy atom. The van der Waals surface area contributed by atoms with E-state index in [2.05, 4.69) is 36.8 Å². The lowest BCUT2D eigenvalue weighted by molar-refractivity contribution is 0.386. The fraction of sp³-hybridized carbons (Fsp3) is 0.118. The van der Waals surface area contributed by atoms with E-state index in [1.165, 1.54) is 13.2 Å². The molecule has 0 saturated carbocycles. The van der Waals surface area contributed by atoms with Gasteiger partial charge in [-0.1, -0.05) is 15.9 Å². The molecule has 3 nitrogen and oxygen atoms in total. The van der Waals surface area contributed by atoms with Crippen LogP contribution in [-0.2, 0) is 0 Å². The second kappa shape index (κ2) is 6.45. The molecule has 2 aromatic carbocycles. The lowest BCUT2D eigenvalue weighted by Crippen LogP contribution is -1.92. The van der Waals surface area contributed by atoms with Gasteiger partial charge in [-0.05, 0) is 52.3 Å². The number of aromatic nitrogens is 1. The summed E-state index contributed by atoms with van der Waals surface area (Å²) >= 11 is 7.06. The van der Waals surface area contributed by atoms with Gasteiger partial charge in [0.15, 0.2) is 11.6 Å². The zero-order chi connectivity index (χ0) is 16.6. The van der Waals surface area contributed by atoms with Gasteiger partial charge in [0.1, 0.15) is 5.75 Å². The van der Waals surface area contributed by atoms with E-state index in [-0.39, 0.29) is 5.75 Å². The summed E-state index contributed by atoms with van der Waals surface area (Å²) in [4.78, 5) is 4.64. The fourth-order valence-electron chi connectivity index (χ4n) is 2.31. The summed E-state index contributed by atoms with van der Waals surface area (Å²) in [7, 11) is 3.05. The van der Waals surface area contributed by atoms with Gasteiger partial charge in [-0.3, -0.25) is 0 Å². The smallest absolute Gasteiger partial charge is 0.165 e. The van der Waals surface area contributed by atoms with Crippen LogP contribution < -0.4 is 9.47 Å². The summed E-state index contributed by atoms with van der Waals surface area (Å²) in [6.45, 7) is 0. The summed E-state index contributed by atoms with van der Waals surface area (Å²) in [5, 5.41) is 0.911. The molecule has 0 aliphatic heterocycles. The van der Waals surface area contributed by atoms with E-state index in [4.69, 9.17) is 9.47 Å². The van der Waals surface area contributed by atoms with Gasteiger partial charge in [-0.2, -0.15) is 0 Å². The van der Waals surface area contributed by atoms with Crippen molar-refractivity contribution < 1.29 is 13.9 Å². The highest BCUT2D eigenvalue weighted by atomic mass is 79.9. The van der Waals surface area contributed by atoms with Crippen molar-refractivity contribution in [2.24, 2.45) is 0 Å². The van der Waals surface area contributed by atoms with Gasteiger partial charge in [-0.25, -0.2) is 9.37 Å². The molecule has 0 N–H and O–H groups in total. The van der Waals surface area contributed by atoms with Crippen LogP contribution in [0.2, 0.25) is 0 Å². The summed E-state index contributed by atoms with van der Waals surface area (Å²) in [6.07, 6.45) is 0. The molecule has 0 bridgehead atoms. The third kappa shape index (κ3) is 3.05. The summed E-state index contributed by atoms with van der Waals surface area (Å²) in [5.74, 6) is 0.520. The Balaban J connectivity index is 2.20. The molecule has 0 unspecified atom stereocenters. The number of methoxy groups -OCH3 is 2. The van der Waals surface area contributed by atoms with Crippen LogP contribution in [0, 0.1) is 5.82 Å². The minimum absolute atomic E-state index is 0.208. The number of benzene rings is 2. The first kappa shape index (κ1) is 16.2. The van der Waals surface area contributed by atoms with Crippen molar-refractivity contribution in [3.05, 3.63) is 51.2 Å². The number of fused-ring (bicyclic) bond motifs is 1. The van der Waals surface area contributed by atoms with Crippen LogP contribution in [-0.4, -0.2) is 19.2 Å². The first-order valence-corrected chi connectivity index (χ1v) is 8.29. The third-order valence-electron chi connectivity index (χ3n) is 3.47. The number of hydrogen-bond acceptors (Lipinski definition) is 3. The zero-order valence-corrected chi connectivity index (χ0v) is 15.5. The molecule has 6 heteroatoms. The van der Waals surface area contributed by atoms with E-state index in [0.717, 1.165) is 25.6 Å². The Kier molecular flexibility index (Phi) is 4.55. The van der Waals surface area contributed by atoms with Gasteiger partial charge in [0.05, 0.1) is 25.4 Å². The molecule has 0 aliphatic carbocycles. The van der Waals surface area contributed by atoms with Crippen molar-refractivity contribution in [2.75, 3.05) is 14.2 Å². The van der Waals surface area contributed by atoms with E-state index in [1.54, 1.807) is 19.2 Å². The Hall–Kier alpha value is -1.66. The molecule has 0 atom stereocenters. The second-order valence-electron chi connectivity index (χ2n) is 4.84. The SMILES string of the molecule is COc1cc(Br)c2nc(-c3ccc(OC)c(F)c3)cc(Br)c2c1. The maximum absolute atomic E-state index is 13.9. The minimum Gasteiger partial charge on any atom is -0.497 e. The van der Waals surface area contributed by atoms with Crippen LogP contribution in [0.5, 0.6) is 11.5 Å². The molecule has 1 aromatic heterocycles. The van der Waals surface area contributed by atoms with Crippen molar-refractivity contribution in [1.29, 1.82) is 0 Å². The van der Waals surface area contributed by atoms with Crippen LogP contribution in [0.3, 0.4) is 0 Å². The lowest BCUT2D eigenvalue weighted by Gasteiger charge is -2.10. The molecular weight excluding hydrogens is 429 g/mol. The van der Waals surface area contributed by atoms with E-state index in [1.807, 2.05) is 18.2 Å². The number of hydrogen-bond donors (Lipinski definition) is 0. The quantitative estimate of drug-likeness (QED) is 0.532. The van der Waals surface area contributed by atoms with E-state index in [9.17, 15) is 4.39 Å². The number of nitrogens with zero attached hydrogens (tertiary/aromatic N) is 1. The summed E-state index contributed by atoms with van der Waals surface area (Å²) in [5.41, 5.74) is 2.11. The van der Waals surface area contributed by atoms with E-state index >= 15 is 0 Å². The van der Waals surface area contributed by atoms with Gasteiger partial charge in [-0.15, -0.1) is 0 Å². The predicted octanol–water partition coefficient (Wildman–Crippen LogP) is 5.58. The molecule has 1 heterocycles. The van der Waals surface area contributed by atoms with Crippen molar-refractivity contribution in [3.63, 3.8) is 0 Å². The molecule has 0 saturated heterocycles. The monoisotopic (exact) mass is 439 g/mol. The number of halogens is 3. The highest BCUT2D eigenvalue weighted by Crippen LogP contribution is 2.35. The van der Waals surface area contributed by atoms with Gasteiger partial charge < -0.3 is 9.47 Å². The largest absolute Gasteiger partial charge is 0.497 e. The summed E-state index contributed by atoms with van der Waals surface area (Å²) < 4.78 is 25.8. The highest BCUT2D eigenvalue weighted by molar-refractivity contribution is 9.11. The maximum Gasteiger partial charge on any atom is 0.165 e. The summed E-state index contributed by atoms with van der Waals surface area (Å²) in [6, 6.07) is 10.4. The predicted molar refractivity (Wildman–Crippen MR) is 95.6 cm³/mol. The average molecular weight is 441 g/mol. The van der Waals surface area contributed by atoms with Crippen molar-refractivity contribution in [3.8, 4) is 22.8 Å². The van der Waals surface area contributed by atoms with Crippen molar-refractivity contribution in [2.45, 2.75) is 0 Å². The Morgan fingerprint density at radius 1 is 0.957 bits per heavy atom. The first-order valence-electron chi connectivity index (χ1n) is 6.71. The molecule has 3 aromatic rings. The Morgan fingerprint density at radius 2 is 1.74 bits per heavy atom. The molecule has 23 heavy (non-hydrogen) atoms. The Bertz CT molecular complexity index is 899. The minimum atomic E-state index is -0.420. The standard InChI is InChI=1S/C17H12Br2FNO2/c1-22-10-6-11-12(18)8-15(21-17(11)13(19)7-10)9-3-4-16(23-2)14(20)5-9/h3-8H,1-2H3. The molecule has 0 spiro atoms. The molecule has 0 fully saturated rings. The fourth-order valence-corrected chi connectivity index (χ4v) is 3.36. The second-order valence-corrected chi connectivity index (χ2v) is 6.55. The van der Waals surface area contributed by atoms with Crippen LogP contribution >= 0.6 is 31.9 Å². The number of pyridine rings is 1. The van der Waals surface area contributed by atoms with Gasteiger partial charge in [0.2, 0.25) is 0 Å². The number of ether oxygens (including phenoxy) is 2. The topological polar surface area (TPSA) is 31.4 Å². The normalized spacial score (nSPS) is 10.8. The third-order valence-corrected chi connectivity index (χ3v) is 4.73. The van der Waals surface area contributed by atoms with Crippen LogP contribution in [0.25, 0.3) is 22.2 Å². The zero-order valence-electron chi connectivity index (χ0n) is 12.4. The van der Waals surface area contributed by atoms with Crippen molar-refractivity contribution >= 4 is 42.8 Å². The number of rotatable bonds is 3. The Labute approximate surface area is 149 Å². The molecule has 0 aliphatic rings. The van der Waals surface area contributed by atoms with Gasteiger partial charge >= 0.3 is 0 Å². The highest BCUT2D eigenvalue weighted by Gasteiger charge is 2.12. The van der Waals surface area contributed by atoms with Crippen LogP contribution in [0.15, 0.2) is 45.3 Å². The molecule has 3 rings (SSSR count). The van der Waals surface area contributed by atoms with Crippen LogP contribution in [0.1, 0.15) is 0 Å². The van der Waals surface area contributed by atoms with Gasteiger partial charge in [0.25, 0.3) is 0 Å². The average Bonchev–Trinajstić information content (AvgIpc) is 2.55. The van der Waals surface area contributed by atoms with Gasteiger partial charge in [0, 0.05) is 19.9 Å².